The first kappa shape index (κ1) is 11.4. The number of nitrogens with one attached hydrogen (secondary N) is 1. The predicted octanol–water partition coefficient (Wildman–Crippen LogP) is 0.912. The van der Waals surface area contributed by atoms with Crippen molar-refractivity contribution in [3.8, 4) is 0 Å². The van der Waals surface area contributed by atoms with Crippen LogP contribution in [-0.2, 0) is 9.59 Å². The van der Waals surface area contributed by atoms with Gasteiger partial charge in [-0.3, -0.25) is 9.59 Å². The molecule has 0 spiro atoms. The van der Waals surface area contributed by atoms with Gasteiger partial charge in [0.1, 0.15) is 12.1 Å². The van der Waals surface area contributed by atoms with Crippen molar-refractivity contribution in [1.82, 2.24) is 10.2 Å². The summed E-state index contributed by atoms with van der Waals surface area (Å²) in [6.45, 7) is 6.64. The minimum absolute atomic E-state index is 0.00106. The van der Waals surface area contributed by atoms with Gasteiger partial charge in [-0.05, 0) is 31.6 Å². The molecule has 1 aliphatic heterocycles. The minimum Gasteiger partial charge on any atom is -0.343 e. The Morgan fingerprint density at radius 2 is 2.06 bits per heavy atom. The van der Waals surface area contributed by atoms with Crippen molar-refractivity contribution in [2.45, 2.75) is 52.1 Å². The molecule has 2 atom stereocenters. The number of hydrogen-bond acceptors (Lipinski definition) is 2. The second kappa shape index (κ2) is 3.75. The van der Waals surface area contributed by atoms with E-state index in [1.807, 2.05) is 6.92 Å². The summed E-state index contributed by atoms with van der Waals surface area (Å²) in [5.74, 6) is 0.0680. The van der Waals surface area contributed by atoms with E-state index in [9.17, 15) is 9.59 Å². The Balaban J connectivity index is 2.15. The molecule has 2 aliphatic rings. The highest BCUT2D eigenvalue weighted by Gasteiger charge is 2.45. The number of carbonyl (C=O) groups is 2. The Morgan fingerprint density at radius 3 is 2.56 bits per heavy atom. The summed E-state index contributed by atoms with van der Waals surface area (Å²) in [6.07, 6.45) is 3.03. The number of rotatable bonds is 3. The molecule has 1 aliphatic carbocycles. The van der Waals surface area contributed by atoms with Crippen LogP contribution in [0.15, 0.2) is 0 Å². The van der Waals surface area contributed by atoms with Crippen LogP contribution in [0, 0.1) is 5.41 Å². The van der Waals surface area contributed by atoms with Gasteiger partial charge in [-0.15, -0.1) is 0 Å². The molecule has 1 saturated heterocycles. The highest BCUT2D eigenvalue weighted by molar-refractivity contribution is 5.96. The third-order valence-corrected chi connectivity index (χ3v) is 3.73. The number of hydrogen-bond donors (Lipinski definition) is 1. The van der Waals surface area contributed by atoms with E-state index in [-0.39, 0.29) is 29.3 Å². The maximum atomic E-state index is 12.1. The first-order valence-electron chi connectivity index (χ1n) is 6.08. The second-order valence-electron chi connectivity index (χ2n) is 5.43. The summed E-state index contributed by atoms with van der Waals surface area (Å²) in [4.78, 5) is 25.6. The molecule has 0 bridgehead atoms. The van der Waals surface area contributed by atoms with Crippen molar-refractivity contribution in [1.29, 1.82) is 0 Å². The largest absolute Gasteiger partial charge is 0.343 e. The Kier molecular flexibility index (Phi) is 2.68. The van der Waals surface area contributed by atoms with Gasteiger partial charge in [-0.1, -0.05) is 13.8 Å². The molecular formula is C12H20N2O2. The van der Waals surface area contributed by atoms with E-state index in [1.54, 1.807) is 11.8 Å². The molecule has 1 saturated carbocycles. The van der Waals surface area contributed by atoms with Crippen molar-refractivity contribution in [3.05, 3.63) is 0 Å². The lowest BCUT2D eigenvalue weighted by molar-refractivity contribution is -0.149. The molecule has 90 valence electrons. The van der Waals surface area contributed by atoms with Crippen LogP contribution in [-0.4, -0.2) is 35.3 Å². The topological polar surface area (TPSA) is 49.4 Å². The van der Waals surface area contributed by atoms with Gasteiger partial charge in [0.05, 0.1) is 0 Å². The number of carbonyl (C=O) groups excluding carboxylic acids is 2. The molecule has 4 nitrogen and oxygen atoms in total. The van der Waals surface area contributed by atoms with E-state index < -0.39 is 0 Å². The quantitative estimate of drug-likeness (QED) is 0.774. The van der Waals surface area contributed by atoms with Crippen molar-refractivity contribution >= 4 is 11.8 Å². The molecule has 0 radical (unpaired) electrons. The van der Waals surface area contributed by atoms with Gasteiger partial charge in [0.15, 0.2) is 0 Å². The maximum absolute atomic E-state index is 12.1. The summed E-state index contributed by atoms with van der Waals surface area (Å²) in [7, 11) is 0. The summed E-state index contributed by atoms with van der Waals surface area (Å²) in [5.41, 5.74) is 0.264. The summed E-state index contributed by atoms with van der Waals surface area (Å²) < 4.78 is 0. The highest BCUT2D eigenvalue weighted by Crippen LogP contribution is 2.46. The third kappa shape index (κ3) is 1.93. The Labute approximate surface area is 96.4 Å². The lowest BCUT2D eigenvalue weighted by atomic mass is 10.0. The van der Waals surface area contributed by atoms with Crippen molar-refractivity contribution < 1.29 is 9.59 Å². The fourth-order valence-electron chi connectivity index (χ4n) is 2.29. The standard InChI is InChI=1S/C12H20N2O2/c1-4-9-10(15)13-8(2)11(16)14(9)7-12(3)5-6-12/h8-9H,4-7H2,1-3H3,(H,13,15). The fraction of sp³-hybridized carbons (Fsp3) is 0.833. The zero-order valence-corrected chi connectivity index (χ0v) is 10.2. The Bertz CT molecular complexity index is 323. The van der Waals surface area contributed by atoms with E-state index in [2.05, 4.69) is 12.2 Å². The van der Waals surface area contributed by atoms with Crippen LogP contribution in [0.5, 0.6) is 0 Å². The van der Waals surface area contributed by atoms with E-state index >= 15 is 0 Å². The van der Waals surface area contributed by atoms with Crippen molar-refractivity contribution in [2.75, 3.05) is 6.54 Å². The normalized spacial score (nSPS) is 32.6. The molecule has 16 heavy (non-hydrogen) atoms. The average molecular weight is 224 g/mol. The minimum atomic E-state index is -0.363. The lowest BCUT2D eigenvalue weighted by Crippen LogP contribution is -2.63. The molecule has 2 rings (SSSR count). The molecule has 0 aromatic heterocycles. The lowest BCUT2D eigenvalue weighted by Gasteiger charge is -2.39. The number of piperazine rings is 1. The van der Waals surface area contributed by atoms with Gasteiger partial charge >= 0.3 is 0 Å². The van der Waals surface area contributed by atoms with Gasteiger partial charge in [0, 0.05) is 6.54 Å². The summed E-state index contributed by atoms with van der Waals surface area (Å²) in [5, 5.41) is 2.74. The van der Waals surface area contributed by atoms with Gasteiger partial charge in [-0.2, -0.15) is 0 Å². The molecule has 0 aromatic rings. The zero-order valence-electron chi connectivity index (χ0n) is 10.2. The molecule has 0 aromatic carbocycles. The number of amides is 2. The predicted molar refractivity (Wildman–Crippen MR) is 60.7 cm³/mol. The third-order valence-electron chi connectivity index (χ3n) is 3.73. The Hall–Kier alpha value is -1.06. The molecule has 2 fully saturated rings. The van der Waals surface area contributed by atoms with Gasteiger partial charge in [-0.25, -0.2) is 0 Å². The van der Waals surface area contributed by atoms with Crippen LogP contribution in [0.2, 0.25) is 0 Å². The van der Waals surface area contributed by atoms with Crippen LogP contribution >= 0.6 is 0 Å². The molecule has 1 N–H and O–H groups in total. The first-order valence-corrected chi connectivity index (χ1v) is 6.08. The van der Waals surface area contributed by atoms with Crippen molar-refractivity contribution in [3.63, 3.8) is 0 Å². The monoisotopic (exact) mass is 224 g/mol. The van der Waals surface area contributed by atoms with Crippen molar-refractivity contribution in [2.24, 2.45) is 5.41 Å². The van der Waals surface area contributed by atoms with E-state index in [0.717, 1.165) is 6.54 Å². The van der Waals surface area contributed by atoms with E-state index in [1.165, 1.54) is 12.8 Å². The van der Waals surface area contributed by atoms with Crippen LogP contribution < -0.4 is 5.32 Å². The SMILES string of the molecule is CCC1C(=O)NC(C)C(=O)N1CC1(C)CC1. The molecule has 1 heterocycles. The molecular weight excluding hydrogens is 204 g/mol. The maximum Gasteiger partial charge on any atom is 0.245 e. The highest BCUT2D eigenvalue weighted by atomic mass is 16.2. The zero-order chi connectivity index (χ0) is 11.9. The second-order valence-corrected chi connectivity index (χ2v) is 5.43. The molecule has 4 heteroatoms. The van der Waals surface area contributed by atoms with Gasteiger partial charge in [0.25, 0.3) is 0 Å². The first-order chi connectivity index (χ1) is 7.47. The van der Waals surface area contributed by atoms with Gasteiger partial charge < -0.3 is 10.2 Å². The van der Waals surface area contributed by atoms with Crippen LogP contribution in [0.25, 0.3) is 0 Å². The van der Waals surface area contributed by atoms with Crippen LogP contribution in [0.4, 0.5) is 0 Å². The average Bonchev–Trinajstić information content (AvgIpc) is 2.93. The summed E-state index contributed by atoms with van der Waals surface area (Å²) >= 11 is 0. The van der Waals surface area contributed by atoms with Crippen LogP contribution in [0.1, 0.15) is 40.0 Å². The fourth-order valence-corrected chi connectivity index (χ4v) is 2.29. The molecule has 2 unspecified atom stereocenters. The van der Waals surface area contributed by atoms with Gasteiger partial charge in [0.2, 0.25) is 11.8 Å². The molecule has 2 amide bonds. The van der Waals surface area contributed by atoms with Crippen LogP contribution in [0.3, 0.4) is 0 Å². The van der Waals surface area contributed by atoms with E-state index in [0.29, 0.717) is 6.42 Å². The Morgan fingerprint density at radius 1 is 1.44 bits per heavy atom. The number of nitrogens with zero attached hydrogens (tertiary/aromatic N) is 1. The van der Waals surface area contributed by atoms with E-state index in [4.69, 9.17) is 0 Å². The smallest absolute Gasteiger partial charge is 0.245 e. The summed E-state index contributed by atoms with van der Waals surface area (Å²) in [6, 6.07) is -0.626.